The van der Waals surface area contributed by atoms with E-state index in [1.807, 2.05) is 0 Å². The first-order valence-electron chi connectivity index (χ1n) is 10.5. The molecule has 178 valence electrons. The normalized spacial score (nSPS) is 14.9. The number of aliphatic carboxylic acids is 1. The lowest BCUT2D eigenvalue weighted by atomic mass is 10.0. The Morgan fingerprint density at radius 3 is 1.84 bits per heavy atom. The molecule has 0 aromatic heterocycles. The molecule has 0 heterocycles. The summed E-state index contributed by atoms with van der Waals surface area (Å²) in [6, 6.07) is 4.39. The van der Waals surface area contributed by atoms with E-state index in [9.17, 15) is 29.4 Å². The van der Waals surface area contributed by atoms with E-state index >= 15 is 0 Å². The van der Waals surface area contributed by atoms with E-state index in [2.05, 4.69) is 16.0 Å². The average molecular weight is 451 g/mol. The van der Waals surface area contributed by atoms with Crippen LogP contribution in [-0.2, 0) is 25.6 Å². The van der Waals surface area contributed by atoms with Gasteiger partial charge in [0.1, 0.15) is 18.1 Å². The zero-order valence-electron chi connectivity index (χ0n) is 18.9. The van der Waals surface area contributed by atoms with Crippen molar-refractivity contribution in [3.05, 3.63) is 35.9 Å². The fourth-order valence-electron chi connectivity index (χ4n) is 2.86. The Morgan fingerprint density at radius 1 is 0.844 bits per heavy atom. The van der Waals surface area contributed by atoms with Gasteiger partial charge in [0, 0.05) is 6.42 Å². The van der Waals surface area contributed by atoms with Crippen LogP contribution in [0.15, 0.2) is 30.3 Å². The van der Waals surface area contributed by atoms with Crippen LogP contribution < -0.4 is 21.7 Å². The summed E-state index contributed by atoms with van der Waals surface area (Å²) >= 11 is 0. The maximum Gasteiger partial charge on any atom is 0.326 e. The van der Waals surface area contributed by atoms with Crippen molar-refractivity contribution in [1.82, 2.24) is 16.0 Å². The number of nitrogens with two attached hydrogens (primary N) is 1. The SMILES string of the molecule is CC(C)C(N)C(=O)NC(CO)C(=O)NC(Cc1ccccc1)C(=O)NC(C(=O)O)C(C)C. The number of carboxylic acid groups (broad SMARTS) is 1. The number of benzene rings is 1. The van der Waals surface area contributed by atoms with Crippen molar-refractivity contribution in [2.24, 2.45) is 17.6 Å². The minimum absolute atomic E-state index is 0.0838. The summed E-state index contributed by atoms with van der Waals surface area (Å²) in [4.78, 5) is 49.3. The van der Waals surface area contributed by atoms with E-state index in [1.165, 1.54) is 0 Å². The lowest BCUT2D eigenvalue weighted by molar-refractivity contribution is -0.143. The second-order valence-corrected chi connectivity index (χ2v) is 8.33. The van der Waals surface area contributed by atoms with Crippen LogP contribution in [0.4, 0.5) is 0 Å². The van der Waals surface area contributed by atoms with Gasteiger partial charge < -0.3 is 31.9 Å². The number of nitrogens with one attached hydrogen (secondary N) is 3. The van der Waals surface area contributed by atoms with Gasteiger partial charge in [0.25, 0.3) is 0 Å². The molecular formula is C22H34N4O6. The first-order valence-corrected chi connectivity index (χ1v) is 10.5. The molecule has 0 spiro atoms. The Hall–Kier alpha value is -2.98. The van der Waals surface area contributed by atoms with Crippen LogP contribution in [0.1, 0.15) is 33.3 Å². The van der Waals surface area contributed by atoms with Crippen LogP contribution in [0.3, 0.4) is 0 Å². The molecule has 0 aliphatic rings. The highest BCUT2D eigenvalue weighted by Gasteiger charge is 2.31. The largest absolute Gasteiger partial charge is 0.480 e. The zero-order valence-corrected chi connectivity index (χ0v) is 18.9. The molecule has 10 nitrogen and oxygen atoms in total. The second-order valence-electron chi connectivity index (χ2n) is 8.33. The van der Waals surface area contributed by atoms with Crippen LogP contribution in [0.5, 0.6) is 0 Å². The van der Waals surface area contributed by atoms with Gasteiger partial charge in [-0.15, -0.1) is 0 Å². The molecule has 0 bridgehead atoms. The average Bonchev–Trinajstić information content (AvgIpc) is 2.74. The molecule has 3 amide bonds. The van der Waals surface area contributed by atoms with Crippen molar-refractivity contribution >= 4 is 23.7 Å². The van der Waals surface area contributed by atoms with Gasteiger partial charge in [0.05, 0.1) is 12.6 Å². The van der Waals surface area contributed by atoms with E-state index in [1.54, 1.807) is 58.0 Å². The van der Waals surface area contributed by atoms with E-state index in [0.717, 1.165) is 5.56 Å². The predicted molar refractivity (Wildman–Crippen MR) is 118 cm³/mol. The summed E-state index contributed by atoms with van der Waals surface area (Å²) in [5.74, 6) is -3.84. The summed E-state index contributed by atoms with van der Waals surface area (Å²) in [7, 11) is 0. The molecule has 32 heavy (non-hydrogen) atoms. The summed E-state index contributed by atoms with van der Waals surface area (Å²) in [6.07, 6.45) is 0.0838. The van der Waals surface area contributed by atoms with E-state index in [0.29, 0.717) is 0 Å². The number of carboxylic acids is 1. The highest BCUT2D eigenvalue weighted by Crippen LogP contribution is 2.07. The molecule has 0 fully saturated rings. The molecule has 1 aromatic carbocycles. The third-order valence-electron chi connectivity index (χ3n) is 4.98. The number of amides is 3. The van der Waals surface area contributed by atoms with Gasteiger partial charge in [-0.25, -0.2) is 4.79 Å². The number of rotatable bonds is 12. The molecule has 4 unspecified atom stereocenters. The van der Waals surface area contributed by atoms with E-state index < -0.39 is 54.5 Å². The summed E-state index contributed by atoms with van der Waals surface area (Å²) in [5.41, 5.74) is 6.51. The number of aliphatic hydroxyl groups excluding tert-OH is 1. The van der Waals surface area contributed by atoms with Gasteiger partial charge in [-0.1, -0.05) is 58.0 Å². The molecule has 7 N–H and O–H groups in total. The molecule has 1 rings (SSSR count). The molecule has 0 saturated heterocycles. The monoisotopic (exact) mass is 450 g/mol. The van der Waals surface area contributed by atoms with Crippen molar-refractivity contribution in [2.75, 3.05) is 6.61 Å². The van der Waals surface area contributed by atoms with Gasteiger partial charge >= 0.3 is 5.97 Å². The molecule has 0 aliphatic carbocycles. The highest BCUT2D eigenvalue weighted by atomic mass is 16.4. The quantitative estimate of drug-likeness (QED) is 0.247. The Balaban J connectivity index is 3.02. The molecular weight excluding hydrogens is 416 g/mol. The standard InChI is InChI=1S/C22H34N4O6/c1-12(2)17(23)21(30)25-16(11-27)20(29)24-15(10-14-8-6-5-7-9-14)19(28)26-18(13(3)4)22(31)32/h5-9,12-13,15-18,27H,10-11,23H2,1-4H3,(H,24,29)(H,25,30)(H,26,28)(H,31,32). The number of hydrogen-bond donors (Lipinski definition) is 6. The summed E-state index contributed by atoms with van der Waals surface area (Å²) < 4.78 is 0. The lowest BCUT2D eigenvalue weighted by Crippen LogP contribution is -2.59. The molecule has 4 atom stereocenters. The van der Waals surface area contributed by atoms with Crippen molar-refractivity contribution in [1.29, 1.82) is 0 Å². The maximum absolute atomic E-state index is 12.9. The van der Waals surface area contributed by atoms with Gasteiger partial charge in [0.15, 0.2) is 0 Å². The Kier molecular flexibility index (Phi) is 10.8. The maximum atomic E-state index is 12.9. The van der Waals surface area contributed by atoms with Crippen molar-refractivity contribution in [3.8, 4) is 0 Å². The van der Waals surface area contributed by atoms with Crippen molar-refractivity contribution in [3.63, 3.8) is 0 Å². The topological polar surface area (TPSA) is 171 Å². The number of carbonyl (C=O) groups is 4. The first kappa shape index (κ1) is 27.1. The summed E-state index contributed by atoms with van der Waals surface area (Å²) in [5, 5.41) is 26.3. The smallest absolute Gasteiger partial charge is 0.326 e. The second kappa shape index (κ2) is 12.8. The Labute approximate surface area is 187 Å². The van der Waals surface area contributed by atoms with E-state index in [4.69, 9.17) is 5.73 Å². The van der Waals surface area contributed by atoms with Gasteiger partial charge in [-0.2, -0.15) is 0 Å². The zero-order chi connectivity index (χ0) is 24.4. The number of hydrogen-bond acceptors (Lipinski definition) is 6. The van der Waals surface area contributed by atoms with Gasteiger partial charge in [-0.05, 0) is 17.4 Å². The van der Waals surface area contributed by atoms with Crippen molar-refractivity contribution in [2.45, 2.75) is 58.3 Å². The van der Waals surface area contributed by atoms with Crippen LogP contribution in [0, 0.1) is 11.8 Å². The minimum Gasteiger partial charge on any atom is -0.480 e. The molecule has 10 heteroatoms. The van der Waals surface area contributed by atoms with Crippen LogP contribution in [0.2, 0.25) is 0 Å². The Morgan fingerprint density at radius 2 is 1.38 bits per heavy atom. The fourth-order valence-corrected chi connectivity index (χ4v) is 2.86. The van der Waals surface area contributed by atoms with Crippen LogP contribution >= 0.6 is 0 Å². The third kappa shape index (κ3) is 8.27. The van der Waals surface area contributed by atoms with Gasteiger partial charge in [0.2, 0.25) is 17.7 Å². The molecule has 0 saturated carbocycles. The van der Waals surface area contributed by atoms with Gasteiger partial charge in [-0.3, -0.25) is 14.4 Å². The molecule has 0 aliphatic heterocycles. The first-order chi connectivity index (χ1) is 15.0. The van der Waals surface area contributed by atoms with Crippen molar-refractivity contribution < 1.29 is 29.4 Å². The Bertz CT molecular complexity index is 784. The lowest BCUT2D eigenvalue weighted by Gasteiger charge is -2.26. The van der Waals surface area contributed by atoms with E-state index in [-0.39, 0.29) is 18.3 Å². The van der Waals surface area contributed by atoms with Crippen LogP contribution in [-0.4, -0.2) is 64.7 Å². The summed E-state index contributed by atoms with van der Waals surface area (Å²) in [6.45, 7) is 6.09. The third-order valence-corrected chi connectivity index (χ3v) is 4.98. The molecule has 1 aromatic rings. The van der Waals surface area contributed by atoms with Crippen LogP contribution in [0.25, 0.3) is 0 Å². The predicted octanol–water partition coefficient (Wildman–Crippen LogP) is -0.600. The fraction of sp³-hybridized carbons (Fsp3) is 0.545. The minimum atomic E-state index is -1.32. The number of carbonyl (C=O) groups excluding carboxylic acids is 3. The highest BCUT2D eigenvalue weighted by molar-refractivity contribution is 5.94. The molecule has 0 radical (unpaired) electrons. The number of aliphatic hydroxyl groups is 1.